The van der Waals surface area contributed by atoms with Crippen molar-refractivity contribution in [2.24, 2.45) is 0 Å². The van der Waals surface area contributed by atoms with Crippen LogP contribution in [0.5, 0.6) is 0 Å². The summed E-state index contributed by atoms with van der Waals surface area (Å²) in [7, 11) is 0. The van der Waals surface area contributed by atoms with Gasteiger partial charge in [0.2, 0.25) is 0 Å². The molecule has 35 heavy (non-hydrogen) atoms. The van der Waals surface area contributed by atoms with Crippen LogP contribution in [0, 0.1) is 0 Å². The maximum absolute atomic E-state index is 11.5. The predicted octanol–water partition coefficient (Wildman–Crippen LogP) is 6.80. The molecule has 0 amide bonds. The van der Waals surface area contributed by atoms with Crippen LogP contribution in [0.2, 0.25) is 0 Å². The molecule has 0 atom stereocenters. The van der Waals surface area contributed by atoms with Gasteiger partial charge in [0.25, 0.3) is 0 Å². The number of carbonyl (C=O) groups is 1. The summed E-state index contributed by atoms with van der Waals surface area (Å²) < 4.78 is 0. The molecule has 7 heteroatoms. The van der Waals surface area contributed by atoms with Gasteiger partial charge in [0.1, 0.15) is 0 Å². The second-order valence-electron chi connectivity index (χ2n) is 7.85. The Kier molecular flexibility index (Phi) is 8.55. The van der Waals surface area contributed by atoms with Gasteiger partial charge in [0, 0.05) is 17.0 Å². The molecule has 5 aromatic rings. The van der Waals surface area contributed by atoms with E-state index in [4.69, 9.17) is 4.98 Å². The number of hydrogen-bond donors (Lipinski definition) is 1. The fourth-order valence-corrected chi connectivity index (χ4v) is 5.64. The molecule has 0 aliphatic heterocycles. The first-order chi connectivity index (χ1) is 16.7. The van der Waals surface area contributed by atoms with E-state index in [2.05, 4.69) is 46.7 Å². The number of thiophene rings is 1. The van der Waals surface area contributed by atoms with Crippen molar-refractivity contribution in [1.82, 2.24) is 4.98 Å². The van der Waals surface area contributed by atoms with Crippen LogP contribution in [0.3, 0.4) is 0 Å². The molecule has 0 spiro atoms. The van der Waals surface area contributed by atoms with E-state index in [1.165, 1.54) is 4.88 Å². The summed E-state index contributed by atoms with van der Waals surface area (Å²) in [5.74, 6) is -0.918. The zero-order chi connectivity index (χ0) is 23.3. The first-order valence-electron chi connectivity index (χ1n) is 10.9. The molecule has 1 N–H and O–H groups in total. The van der Waals surface area contributed by atoms with Crippen LogP contribution in [0.25, 0.3) is 21.7 Å². The van der Waals surface area contributed by atoms with E-state index >= 15 is 0 Å². The van der Waals surface area contributed by atoms with Crippen LogP contribution >= 0.6 is 22.7 Å². The number of benzene rings is 3. The summed E-state index contributed by atoms with van der Waals surface area (Å²) >= 11 is 3.38. The van der Waals surface area contributed by atoms with E-state index in [9.17, 15) is 9.90 Å². The molecule has 0 radical (unpaired) electrons. The molecule has 5 rings (SSSR count). The SMILES string of the molecule is O=C(O)c1cccc(CN(Cc2cccs2)c2nc(-c3ccccc3)c(-c3ccccc3)s2)c1.[NaH]. The Morgan fingerprint density at radius 3 is 2.20 bits per heavy atom. The first kappa shape index (κ1) is 25.4. The molecular weight excluding hydrogens is 483 g/mol. The van der Waals surface area contributed by atoms with E-state index in [0.29, 0.717) is 18.7 Å². The Bertz CT molecular complexity index is 1330. The van der Waals surface area contributed by atoms with Crippen LogP contribution in [0.1, 0.15) is 20.8 Å². The fraction of sp³-hybridized carbons (Fsp3) is 0.0714. The van der Waals surface area contributed by atoms with Crippen LogP contribution in [0.15, 0.2) is 102 Å². The summed E-state index contributed by atoms with van der Waals surface area (Å²) in [5.41, 5.74) is 4.40. The molecule has 0 fully saturated rings. The molecule has 0 bridgehead atoms. The monoisotopic (exact) mass is 506 g/mol. The van der Waals surface area contributed by atoms with E-state index in [1.54, 1.807) is 40.9 Å². The van der Waals surface area contributed by atoms with Gasteiger partial charge in [-0.15, -0.1) is 11.3 Å². The van der Waals surface area contributed by atoms with E-state index < -0.39 is 5.97 Å². The van der Waals surface area contributed by atoms with E-state index in [0.717, 1.165) is 32.4 Å². The molecular formula is C28H23N2NaO2S2. The summed E-state index contributed by atoms with van der Waals surface area (Å²) in [5, 5.41) is 12.4. The topological polar surface area (TPSA) is 53.4 Å². The number of carboxylic acid groups (broad SMARTS) is 1. The number of aromatic nitrogens is 1. The van der Waals surface area contributed by atoms with Crippen molar-refractivity contribution in [2.75, 3.05) is 4.90 Å². The second kappa shape index (κ2) is 11.8. The third-order valence-corrected chi connectivity index (χ3v) is 7.47. The summed E-state index contributed by atoms with van der Waals surface area (Å²) in [6.45, 7) is 1.26. The minimum absolute atomic E-state index is 0. The van der Waals surface area contributed by atoms with Gasteiger partial charge in [-0.05, 0) is 34.7 Å². The van der Waals surface area contributed by atoms with Crippen molar-refractivity contribution in [2.45, 2.75) is 13.1 Å². The van der Waals surface area contributed by atoms with Gasteiger partial charge < -0.3 is 10.0 Å². The van der Waals surface area contributed by atoms with Gasteiger partial charge in [0.05, 0.1) is 22.7 Å². The molecule has 170 valence electrons. The zero-order valence-corrected chi connectivity index (χ0v) is 19.9. The van der Waals surface area contributed by atoms with Gasteiger partial charge >= 0.3 is 35.5 Å². The summed E-state index contributed by atoms with van der Waals surface area (Å²) in [6, 6.07) is 31.9. The number of hydrogen-bond acceptors (Lipinski definition) is 5. The Hall–Kier alpha value is -2.74. The Labute approximate surface area is 234 Å². The van der Waals surface area contributed by atoms with E-state index in [-0.39, 0.29) is 29.6 Å². The summed E-state index contributed by atoms with van der Waals surface area (Å²) in [6.07, 6.45) is 0. The quantitative estimate of drug-likeness (QED) is 0.235. The molecule has 0 aliphatic rings. The second-order valence-corrected chi connectivity index (χ2v) is 9.86. The number of nitrogens with zero attached hydrogens (tertiary/aromatic N) is 2. The van der Waals surface area contributed by atoms with Gasteiger partial charge in [-0.25, -0.2) is 9.78 Å². The van der Waals surface area contributed by atoms with Gasteiger partial charge in [-0.3, -0.25) is 0 Å². The van der Waals surface area contributed by atoms with Crippen LogP contribution in [0.4, 0.5) is 5.13 Å². The Balaban J connectivity index is 0.00000289. The molecule has 0 saturated heterocycles. The van der Waals surface area contributed by atoms with Gasteiger partial charge in [-0.2, -0.15) is 0 Å². The summed E-state index contributed by atoms with van der Waals surface area (Å²) in [4.78, 5) is 21.2. The fourth-order valence-electron chi connectivity index (χ4n) is 3.83. The van der Waals surface area contributed by atoms with Crippen molar-refractivity contribution in [3.05, 3.63) is 118 Å². The third kappa shape index (κ3) is 6.10. The normalized spacial score (nSPS) is 10.5. The molecule has 2 heterocycles. The molecule has 2 aromatic heterocycles. The molecule has 0 unspecified atom stereocenters. The molecule has 3 aromatic carbocycles. The minimum atomic E-state index is -0.918. The first-order valence-corrected chi connectivity index (χ1v) is 12.6. The number of aromatic carboxylic acids is 1. The average Bonchev–Trinajstić information content (AvgIpc) is 3.55. The van der Waals surface area contributed by atoms with Crippen LogP contribution < -0.4 is 4.90 Å². The zero-order valence-electron chi connectivity index (χ0n) is 18.3. The molecule has 0 aliphatic carbocycles. The Morgan fingerprint density at radius 2 is 1.54 bits per heavy atom. The van der Waals surface area contributed by atoms with Gasteiger partial charge in [-0.1, -0.05) is 90.2 Å². The average molecular weight is 507 g/mol. The van der Waals surface area contributed by atoms with Crippen molar-refractivity contribution >= 4 is 63.3 Å². The van der Waals surface area contributed by atoms with Crippen LogP contribution in [-0.2, 0) is 13.1 Å². The Morgan fingerprint density at radius 1 is 0.829 bits per heavy atom. The van der Waals surface area contributed by atoms with Gasteiger partial charge in [0.15, 0.2) is 5.13 Å². The number of rotatable bonds is 8. The standard InChI is InChI=1S/C28H22N2O2S2.Na.H/c31-27(32)23-14-7-9-20(17-23)18-30(19-24-15-8-16-33-24)28-29-25(21-10-3-1-4-11-21)26(34-28)22-12-5-2-6-13-22;;/h1-17H,18-19H2,(H,31,32);;. The number of carboxylic acids is 1. The van der Waals surface area contributed by atoms with Crippen molar-refractivity contribution < 1.29 is 9.90 Å². The van der Waals surface area contributed by atoms with Crippen molar-refractivity contribution in [1.29, 1.82) is 0 Å². The third-order valence-electron chi connectivity index (χ3n) is 5.44. The van der Waals surface area contributed by atoms with Crippen molar-refractivity contribution in [3.8, 4) is 21.7 Å². The maximum atomic E-state index is 11.5. The van der Waals surface area contributed by atoms with Crippen LogP contribution in [-0.4, -0.2) is 45.6 Å². The van der Waals surface area contributed by atoms with E-state index in [1.807, 2.05) is 42.5 Å². The molecule has 0 saturated carbocycles. The predicted molar refractivity (Wildman–Crippen MR) is 148 cm³/mol. The number of thiazole rings is 1. The number of anilines is 1. The van der Waals surface area contributed by atoms with Crippen molar-refractivity contribution in [3.63, 3.8) is 0 Å². The molecule has 4 nitrogen and oxygen atoms in total.